The monoisotopic (exact) mass is 663 g/mol. The van der Waals surface area contributed by atoms with Crippen LogP contribution < -0.4 is 0 Å². The highest BCUT2D eigenvalue weighted by atomic mass is 35.5. The number of benzene rings is 3. The van der Waals surface area contributed by atoms with Crippen LogP contribution in [0.3, 0.4) is 0 Å². The molecule has 1 aliphatic heterocycles. The van der Waals surface area contributed by atoms with Gasteiger partial charge in [-0.25, -0.2) is 9.59 Å². The lowest BCUT2D eigenvalue weighted by molar-refractivity contribution is -0.134. The van der Waals surface area contributed by atoms with Gasteiger partial charge >= 0.3 is 11.9 Å². The molecule has 0 radical (unpaired) electrons. The number of aliphatic carboxylic acids is 2. The van der Waals surface area contributed by atoms with E-state index < -0.39 is 17.5 Å². The highest BCUT2D eigenvalue weighted by molar-refractivity contribution is 6.30. The summed E-state index contributed by atoms with van der Waals surface area (Å²) >= 11 is 6.07. The second-order valence-corrected chi connectivity index (χ2v) is 12.2. The molecule has 3 N–H and O–H groups in total. The number of aromatic hydroxyl groups is 1. The molecule has 3 aromatic carbocycles. The fourth-order valence-electron chi connectivity index (χ4n) is 5.03. The summed E-state index contributed by atoms with van der Waals surface area (Å²) < 4.78 is 6.48. The van der Waals surface area contributed by atoms with Gasteiger partial charge in [-0.05, 0) is 114 Å². The molecule has 0 amide bonds. The Morgan fingerprint density at radius 3 is 2.04 bits per heavy atom. The molecule has 0 bridgehead atoms. The fourth-order valence-corrected chi connectivity index (χ4v) is 5.15. The van der Waals surface area contributed by atoms with E-state index in [9.17, 15) is 19.5 Å². The van der Waals surface area contributed by atoms with Crippen molar-refractivity contribution in [1.29, 1.82) is 0 Å². The number of hydrogen-bond acceptors (Lipinski definition) is 6. The van der Waals surface area contributed by atoms with Crippen molar-refractivity contribution in [2.24, 2.45) is 0 Å². The van der Waals surface area contributed by atoms with Crippen molar-refractivity contribution in [3.8, 4) is 5.75 Å². The van der Waals surface area contributed by atoms with Crippen molar-refractivity contribution in [2.75, 3.05) is 20.2 Å². The molecule has 0 spiro atoms. The number of ether oxygens (including phenoxy) is 1. The van der Waals surface area contributed by atoms with E-state index in [2.05, 4.69) is 55.3 Å². The SMILES string of the molecule is CC(=O)c1ccc(O)c(CC=C(C)C)c1.CN1CCCC1CCOC(C)(c1ccccc1)c1ccc(Cl)cc1.O=C(O)C=CC(=O)O. The molecule has 252 valence electrons. The van der Waals surface area contributed by atoms with Gasteiger partial charge in [0.05, 0.1) is 0 Å². The number of carboxylic acids is 2. The van der Waals surface area contributed by atoms with E-state index in [0.717, 1.165) is 29.2 Å². The standard InChI is InChI=1S/C21H26ClNO.C13H16O2.C4H4O4/c1-21(17-7-4-3-5-8-17,18-10-12-19(22)13-11-18)24-16-14-20-9-6-15-23(20)2;1-9(2)4-5-12-8-11(10(3)14)6-7-13(12)15;5-3(6)1-2-4(7)8/h3-5,7-8,10-13,20H,6,9,14-16H2,1-2H3;4,6-8,15H,5H2,1-3H3;1-2H,(H,5,6)(H,7,8). The predicted molar refractivity (Wildman–Crippen MR) is 186 cm³/mol. The zero-order chi connectivity index (χ0) is 35.0. The van der Waals surface area contributed by atoms with Gasteiger partial charge in [-0.1, -0.05) is 65.7 Å². The van der Waals surface area contributed by atoms with Crippen LogP contribution in [0.2, 0.25) is 5.02 Å². The van der Waals surface area contributed by atoms with Crippen molar-refractivity contribution in [1.82, 2.24) is 4.90 Å². The van der Waals surface area contributed by atoms with Crippen molar-refractivity contribution in [3.05, 3.63) is 124 Å². The highest BCUT2D eigenvalue weighted by Crippen LogP contribution is 2.34. The molecule has 1 fully saturated rings. The molecule has 0 aromatic heterocycles. The van der Waals surface area contributed by atoms with Gasteiger partial charge in [0.25, 0.3) is 0 Å². The predicted octanol–water partition coefficient (Wildman–Crippen LogP) is 7.92. The van der Waals surface area contributed by atoms with Crippen LogP contribution in [0.15, 0.2) is 96.6 Å². The second-order valence-electron chi connectivity index (χ2n) is 11.7. The number of phenolic OH excluding ortho intramolecular Hbond substituents is 1. The van der Waals surface area contributed by atoms with Gasteiger partial charge in [-0.2, -0.15) is 0 Å². The Hall–Kier alpha value is -4.24. The summed E-state index contributed by atoms with van der Waals surface area (Å²) in [5.41, 5.74) is 4.49. The van der Waals surface area contributed by atoms with Crippen molar-refractivity contribution >= 4 is 29.3 Å². The van der Waals surface area contributed by atoms with Crippen LogP contribution in [0.25, 0.3) is 0 Å². The Labute approximate surface area is 283 Å². The van der Waals surface area contributed by atoms with E-state index in [4.69, 9.17) is 26.6 Å². The molecule has 4 rings (SSSR count). The molecule has 8 nitrogen and oxygen atoms in total. The van der Waals surface area contributed by atoms with E-state index in [1.165, 1.54) is 37.4 Å². The summed E-state index contributed by atoms with van der Waals surface area (Å²) in [5, 5.41) is 26.0. The van der Waals surface area contributed by atoms with Gasteiger partial charge in [0.1, 0.15) is 11.4 Å². The number of rotatable bonds is 11. The van der Waals surface area contributed by atoms with Gasteiger partial charge in [0.2, 0.25) is 0 Å². The maximum Gasteiger partial charge on any atom is 0.328 e. The summed E-state index contributed by atoms with van der Waals surface area (Å²) in [5.74, 6) is -2.24. The summed E-state index contributed by atoms with van der Waals surface area (Å²) in [6.45, 7) is 9.65. The lowest BCUT2D eigenvalue weighted by atomic mass is 9.88. The Bertz CT molecular complexity index is 1500. The highest BCUT2D eigenvalue weighted by Gasteiger charge is 2.30. The molecule has 2 atom stereocenters. The molecule has 3 aromatic rings. The minimum Gasteiger partial charge on any atom is -0.508 e. The topological polar surface area (TPSA) is 124 Å². The number of phenols is 1. The maximum absolute atomic E-state index is 11.1. The molecular weight excluding hydrogens is 618 g/mol. The average Bonchev–Trinajstić information content (AvgIpc) is 3.44. The van der Waals surface area contributed by atoms with Gasteiger partial charge in [-0.3, -0.25) is 4.79 Å². The van der Waals surface area contributed by atoms with E-state index in [0.29, 0.717) is 30.2 Å². The van der Waals surface area contributed by atoms with E-state index >= 15 is 0 Å². The van der Waals surface area contributed by atoms with Crippen LogP contribution in [0.5, 0.6) is 5.75 Å². The minimum absolute atomic E-state index is 0.0217. The van der Waals surface area contributed by atoms with Crippen molar-refractivity contribution < 1.29 is 34.4 Å². The normalized spacial score (nSPS) is 15.4. The number of ketones is 1. The second kappa shape index (κ2) is 19.4. The molecule has 2 unspecified atom stereocenters. The largest absolute Gasteiger partial charge is 0.508 e. The first-order valence-electron chi connectivity index (χ1n) is 15.5. The van der Waals surface area contributed by atoms with Crippen molar-refractivity contribution in [3.63, 3.8) is 0 Å². The number of halogens is 1. The maximum atomic E-state index is 11.1. The molecule has 47 heavy (non-hydrogen) atoms. The first kappa shape index (κ1) is 38.9. The molecule has 1 aliphatic rings. The van der Waals surface area contributed by atoms with E-state index in [1.807, 2.05) is 38.1 Å². The van der Waals surface area contributed by atoms with Crippen LogP contribution in [-0.2, 0) is 26.3 Å². The lowest BCUT2D eigenvalue weighted by Gasteiger charge is -2.32. The molecule has 9 heteroatoms. The van der Waals surface area contributed by atoms with Crippen LogP contribution in [0.1, 0.15) is 74.0 Å². The Morgan fingerprint density at radius 2 is 1.53 bits per heavy atom. The number of carboxylic acid groups (broad SMARTS) is 2. The summed E-state index contributed by atoms with van der Waals surface area (Å²) in [4.78, 5) is 32.7. The first-order chi connectivity index (χ1) is 22.2. The summed E-state index contributed by atoms with van der Waals surface area (Å²) in [6.07, 6.45) is 7.46. The fraction of sp³-hybridized carbons (Fsp3) is 0.342. The molecule has 0 saturated carbocycles. The Balaban J connectivity index is 0.000000285. The molecule has 1 heterocycles. The van der Waals surface area contributed by atoms with Gasteiger partial charge in [-0.15, -0.1) is 0 Å². The van der Waals surface area contributed by atoms with Crippen molar-refractivity contribution in [2.45, 2.75) is 65.0 Å². The van der Waals surface area contributed by atoms with Gasteiger partial charge < -0.3 is 25.0 Å². The number of hydrogen-bond donors (Lipinski definition) is 3. The van der Waals surface area contributed by atoms with Crippen LogP contribution in [-0.4, -0.2) is 64.2 Å². The summed E-state index contributed by atoms with van der Waals surface area (Å²) in [6, 6.07) is 24.1. The smallest absolute Gasteiger partial charge is 0.328 e. The lowest BCUT2D eigenvalue weighted by Crippen LogP contribution is -2.31. The average molecular weight is 664 g/mol. The number of nitrogens with zero attached hydrogens (tertiary/aromatic N) is 1. The summed E-state index contributed by atoms with van der Waals surface area (Å²) in [7, 11) is 2.22. The minimum atomic E-state index is -1.26. The molecular formula is C38H46ClNO7. The van der Waals surface area contributed by atoms with Crippen LogP contribution in [0.4, 0.5) is 0 Å². The number of Topliss-reactive ketones (excluding diaryl/α,β-unsaturated/α-hetero) is 1. The number of allylic oxidation sites excluding steroid dienone is 2. The van der Waals surface area contributed by atoms with Gasteiger partial charge in [0, 0.05) is 35.4 Å². The Morgan fingerprint density at radius 1 is 0.936 bits per heavy atom. The molecule has 1 saturated heterocycles. The quantitative estimate of drug-likeness (QED) is 0.107. The number of likely N-dealkylation sites (tertiary alicyclic amines) is 1. The Kier molecular flexibility index (Phi) is 16.1. The third-order valence-corrected chi connectivity index (χ3v) is 8.07. The zero-order valence-corrected chi connectivity index (χ0v) is 28.5. The molecule has 0 aliphatic carbocycles. The first-order valence-corrected chi connectivity index (χ1v) is 15.9. The third kappa shape index (κ3) is 13.6. The van der Waals surface area contributed by atoms with Crippen LogP contribution in [0, 0.1) is 0 Å². The zero-order valence-electron chi connectivity index (χ0n) is 27.8. The number of carbonyl (C=O) groups excluding carboxylic acids is 1. The van der Waals surface area contributed by atoms with Gasteiger partial charge in [0.15, 0.2) is 5.78 Å². The van der Waals surface area contributed by atoms with E-state index in [-0.39, 0.29) is 11.5 Å². The third-order valence-electron chi connectivity index (χ3n) is 7.82. The van der Waals surface area contributed by atoms with E-state index in [1.54, 1.807) is 18.2 Å². The number of carbonyl (C=O) groups is 3. The van der Waals surface area contributed by atoms with Crippen LogP contribution >= 0.6 is 11.6 Å².